The number of esters is 1. The fourth-order valence-electron chi connectivity index (χ4n) is 3.03. The molecular formula is C19H21N3O3. The summed E-state index contributed by atoms with van der Waals surface area (Å²) in [6, 6.07) is 13.1. The molecule has 1 amide bonds. The van der Waals surface area contributed by atoms with Crippen molar-refractivity contribution in [1.29, 1.82) is 0 Å². The van der Waals surface area contributed by atoms with Gasteiger partial charge in [0.2, 0.25) is 0 Å². The van der Waals surface area contributed by atoms with E-state index in [1.54, 1.807) is 12.1 Å². The van der Waals surface area contributed by atoms with E-state index in [0.29, 0.717) is 17.8 Å². The number of pyridine rings is 1. The highest BCUT2D eigenvalue weighted by Gasteiger charge is 2.31. The number of nitrogens with zero attached hydrogens (tertiary/aromatic N) is 3. The van der Waals surface area contributed by atoms with Crippen LogP contribution in [0.15, 0.2) is 48.7 Å². The van der Waals surface area contributed by atoms with Gasteiger partial charge < -0.3 is 14.5 Å². The summed E-state index contributed by atoms with van der Waals surface area (Å²) in [6.07, 6.45) is 1.38. The molecular weight excluding hydrogens is 318 g/mol. The van der Waals surface area contributed by atoms with Crippen molar-refractivity contribution in [2.24, 2.45) is 0 Å². The van der Waals surface area contributed by atoms with E-state index >= 15 is 0 Å². The van der Waals surface area contributed by atoms with Gasteiger partial charge in [-0.2, -0.15) is 0 Å². The summed E-state index contributed by atoms with van der Waals surface area (Å²) in [5, 5.41) is 0. The molecule has 130 valence electrons. The molecule has 0 saturated carbocycles. The molecule has 1 unspecified atom stereocenters. The van der Waals surface area contributed by atoms with E-state index in [1.807, 2.05) is 35.2 Å². The van der Waals surface area contributed by atoms with Crippen LogP contribution in [0.5, 0.6) is 0 Å². The molecule has 2 heterocycles. The van der Waals surface area contributed by atoms with E-state index in [2.05, 4.69) is 21.7 Å². The lowest BCUT2D eigenvalue weighted by Gasteiger charge is -2.40. The highest BCUT2D eigenvalue weighted by Crippen LogP contribution is 2.26. The molecule has 3 rings (SSSR count). The first-order valence-corrected chi connectivity index (χ1v) is 8.19. The van der Waals surface area contributed by atoms with Gasteiger partial charge in [-0.25, -0.2) is 4.79 Å². The van der Waals surface area contributed by atoms with E-state index in [-0.39, 0.29) is 11.9 Å². The largest absolute Gasteiger partial charge is 0.465 e. The minimum absolute atomic E-state index is 0.0190. The van der Waals surface area contributed by atoms with Crippen LogP contribution in [-0.4, -0.2) is 60.5 Å². The monoisotopic (exact) mass is 339 g/mol. The number of hydrogen-bond donors (Lipinski definition) is 0. The van der Waals surface area contributed by atoms with Crippen LogP contribution >= 0.6 is 0 Å². The SMILES string of the molecule is COC(=O)c1ccc(C(=O)N2CCN(C)CC2c2ccccc2)nc1. The topological polar surface area (TPSA) is 62.7 Å². The zero-order valence-corrected chi connectivity index (χ0v) is 14.4. The first-order valence-electron chi connectivity index (χ1n) is 8.19. The fraction of sp³-hybridized carbons (Fsp3) is 0.316. The standard InChI is InChI=1S/C19H21N3O3/c1-21-10-11-22(17(13-21)14-6-4-3-5-7-14)18(23)16-9-8-15(12-20-16)19(24)25-2/h3-9,12,17H,10-11,13H2,1-2H3. The number of hydrogen-bond acceptors (Lipinski definition) is 5. The van der Waals surface area contributed by atoms with Gasteiger partial charge in [0, 0.05) is 25.8 Å². The summed E-state index contributed by atoms with van der Waals surface area (Å²) in [5.41, 5.74) is 1.77. The number of carbonyl (C=O) groups excluding carboxylic acids is 2. The molecule has 0 spiro atoms. The van der Waals surface area contributed by atoms with E-state index in [9.17, 15) is 9.59 Å². The zero-order valence-electron chi connectivity index (χ0n) is 14.4. The molecule has 1 saturated heterocycles. The third-order valence-electron chi connectivity index (χ3n) is 4.43. The van der Waals surface area contributed by atoms with Crippen molar-refractivity contribution in [2.45, 2.75) is 6.04 Å². The summed E-state index contributed by atoms with van der Waals surface area (Å²) in [5.74, 6) is -0.591. The molecule has 25 heavy (non-hydrogen) atoms. The lowest BCUT2D eigenvalue weighted by molar-refractivity contribution is 0.0490. The Morgan fingerprint density at radius 3 is 2.52 bits per heavy atom. The van der Waals surface area contributed by atoms with Crippen molar-refractivity contribution in [3.8, 4) is 0 Å². The van der Waals surface area contributed by atoms with Crippen LogP contribution in [0.2, 0.25) is 0 Å². The number of aromatic nitrogens is 1. The molecule has 0 aliphatic carbocycles. The quantitative estimate of drug-likeness (QED) is 0.801. The number of ether oxygens (including phenoxy) is 1. The maximum absolute atomic E-state index is 13.0. The normalized spacial score (nSPS) is 18.0. The highest BCUT2D eigenvalue weighted by atomic mass is 16.5. The van der Waals surface area contributed by atoms with Gasteiger partial charge in [-0.15, -0.1) is 0 Å². The molecule has 0 N–H and O–H groups in total. The predicted octanol–water partition coefficient (Wildman–Crippen LogP) is 2.00. The van der Waals surface area contributed by atoms with Crippen molar-refractivity contribution in [3.05, 3.63) is 65.5 Å². The van der Waals surface area contributed by atoms with Gasteiger partial charge in [-0.3, -0.25) is 9.78 Å². The number of amides is 1. The Labute approximate surface area is 147 Å². The summed E-state index contributed by atoms with van der Waals surface area (Å²) >= 11 is 0. The Bertz CT molecular complexity index is 746. The first kappa shape index (κ1) is 17.1. The van der Waals surface area contributed by atoms with Gasteiger partial charge in [0.25, 0.3) is 5.91 Å². The number of methoxy groups -OCH3 is 1. The summed E-state index contributed by atoms with van der Waals surface area (Å²) in [7, 11) is 3.37. The van der Waals surface area contributed by atoms with Gasteiger partial charge in [-0.1, -0.05) is 30.3 Å². The van der Waals surface area contributed by atoms with Gasteiger partial charge in [0.05, 0.1) is 18.7 Å². The van der Waals surface area contributed by atoms with Crippen LogP contribution in [0.25, 0.3) is 0 Å². The first-order chi connectivity index (χ1) is 12.1. The van der Waals surface area contributed by atoms with Gasteiger partial charge in [0.15, 0.2) is 0 Å². The Hall–Kier alpha value is -2.73. The second-order valence-corrected chi connectivity index (χ2v) is 6.11. The number of carbonyl (C=O) groups is 2. The molecule has 1 aromatic carbocycles. The minimum Gasteiger partial charge on any atom is -0.465 e. The van der Waals surface area contributed by atoms with E-state index in [0.717, 1.165) is 18.7 Å². The Kier molecular flexibility index (Phi) is 5.09. The molecule has 6 nitrogen and oxygen atoms in total. The van der Waals surface area contributed by atoms with Crippen LogP contribution in [0.1, 0.15) is 32.5 Å². The van der Waals surface area contributed by atoms with Crippen LogP contribution < -0.4 is 0 Å². The lowest BCUT2D eigenvalue weighted by Crippen LogP contribution is -2.49. The average molecular weight is 339 g/mol. The Morgan fingerprint density at radius 1 is 1.12 bits per heavy atom. The summed E-state index contributed by atoms with van der Waals surface area (Å²) < 4.78 is 4.66. The molecule has 1 atom stereocenters. The molecule has 2 aromatic rings. The van der Waals surface area contributed by atoms with E-state index in [4.69, 9.17) is 0 Å². The van der Waals surface area contributed by atoms with Crippen molar-refractivity contribution < 1.29 is 14.3 Å². The minimum atomic E-state index is -0.465. The van der Waals surface area contributed by atoms with Gasteiger partial charge in [-0.05, 0) is 24.7 Å². The number of rotatable bonds is 3. The Morgan fingerprint density at radius 2 is 1.88 bits per heavy atom. The molecule has 1 aliphatic heterocycles. The third kappa shape index (κ3) is 3.69. The van der Waals surface area contributed by atoms with Crippen molar-refractivity contribution >= 4 is 11.9 Å². The number of piperazine rings is 1. The highest BCUT2D eigenvalue weighted by molar-refractivity contribution is 5.94. The summed E-state index contributed by atoms with van der Waals surface area (Å²) in [4.78, 5) is 32.7. The maximum atomic E-state index is 13.0. The Balaban J connectivity index is 1.85. The third-order valence-corrected chi connectivity index (χ3v) is 4.43. The molecule has 1 aliphatic rings. The van der Waals surface area contributed by atoms with Gasteiger partial charge in [0.1, 0.15) is 5.69 Å². The second-order valence-electron chi connectivity index (χ2n) is 6.11. The zero-order chi connectivity index (χ0) is 17.8. The lowest BCUT2D eigenvalue weighted by atomic mass is 10.0. The van der Waals surface area contributed by atoms with Crippen LogP contribution in [0, 0.1) is 0 Å². The average Bonchev–Trinajstić information content (AvgIpc) is 2.67. The van der Waals surface area contributed by atoms with Crippen molar-refractivity contribution in [2.75, 3.05) is 33.8 Å². The smallest absolute Gasteiger partial charge is 0.339 e. The number of benzene rings is 1. The van der Waals surface area contributed by atoms with Gasteiger partial charge >= 0.3 is 5.97 Å². The predicted molar refractivity (Wildman–Crippen MR) is 93.3 cm³/mol. The van der Waals surface area contributed by atoms with E-state index < -0.39 is 5.97 Å². The molecule has 0 bridgehead atoms. The maximum Gasteiger partial charge on any atom is 0.339 e. The molecule has 6 heteroatoms. The molecule has 1 fully saturated rings. The molecule has 1 aromatic heterocycles. The van der Waals surface area contributed by atoms with Crippen molar-refractivity contribution in [3.63, 3.8) is 0 Å². The fourth-order valence-corrected chi connectivity index (χ4v) is 3.03. The number of likely N-dealkylation sites (N-methyl/N-ethyl adjacent to an activating group) is 1. The summed E-state index contributed by atoms with van der Waals surface area (Å²) in [6.45, 7) is 2.22. The van der Waals surface area contributed by atoms with Crippen molar-refractivity contribution in [1.82, 2.24) is 14.8 Å². The van der Waals surface area contributed by atoms with E-state index in [1.165, 1.54) is 13.3 Å². The van der Waals surface area contributed by atoms with Crippen LogP contribution in [0.3, 0.4) is 0 Å². The second kappa shape index (κ2) is 7.44. The van der Waals surface area contributed by atoms with Crippen LogP contribution in [0.4, 0.5) is 0 Å². The molecule has 0 radical (unpaired) electrons. The van der Waals surface area contributed by atoms with Crippen LogP contribution in [-0.2, 0) is 4.74 Å².